The van der Waals surface area contributed by atoms with Gasteiger partial charge in [0.05, 0.1) is 5.56 Å². The highest BCUT2D eigenvalue weighted by Crippen LogP contribution is 2.24. The second-order valence-corrected chi connectivity index (χ2v) is 6.27. The minimum absolute atomic E-state index is 0.104. The molecule has 0 saturated heterocycles. The van der Waals surface area contributed by atoms with Crippen LogP contribution in [0.5, 0.6) is 0 Å². The van der Waals surface area contributed by atoms with Crippen LogP contribution in [0.15, 0.2) is 59.5 Å². The van der Waals surface area contributed by atoms with Crippen molar-refractivity contribution in [3.05, 3.63) is 70.6 Å². The molecule has 0 aliphatic heterocycles. The van der Waals surface area contributed by atoms with E-state index in [1.165, 1.54) is 17.4 Å². The molecule has 1 aromatic heterocycles. The first kappa shape index (κ1) is 16.0. The Bertz CT molecular complexity index is 956. The first-order chi connectivity index (χ1) is 11.5. The van der Waals surface area contributed by atoms with E-state index in [1.54, 1.807) is 18.4 Å². The van der Waals surface area contributed by atoms with Gasteiger partial charge in [-0.15, -0.1) is 11.3 Å². The molecule has 0 radical (unpaired) electrons. The molecule has 0 bridgehead atoms. The van der Waals surface area contributed by atoms with Crippen molar-refractivity contribution in [2.24, 2.45) is 0 Å². The summed E-state index contributed by atoms with van der Waals surface area (Å²) in [5.41, 5.74) is 1.54. The summed E-state index contributed by atoms with van der Waals surface area (Å²) in [5.74, 6) is -1.36. The Morgan fingerprint density at radius 1 is 1.08 bits per heavy atom. The predicted octanol–water partition coefficient (Wildman–Crippen LogP) is 4.64. The highest BCUT2D eigenvalue weighted by molar-refractivity contribution is 7.14. The maximum Gasteiger partial charge on any atom is 0.338 e. The number of nitrogens with one attached hydrogen (secondary N) is 1. The molecule has 0 atom stereocenters. The molecule has 1 heterocycles. The quantitative estimate of drug-likeness (QED) is 0.682. The van der Waals surface area contributed by atoms with Crippen LogP contribution in [0, 0.1) is 0 Å². The van der Waals surface area contributed by atoms with E-state index in [-0.39, 0.29) is 11.5 Å². The van der Waals surface area contributed by atoms with Crippen molar-refractivity contribution in [3.8, 4) is 0 Å². The Hall–Kier alpha value is -2.92. The second-order valence-electron chi connectivity index (χ2n) is 5.36. The summed E-state index contributed by atoms with van der Waals surface area (Å²) < 4.78 is 0. The summed E-state index contributed by atoms with van der Waals surface area (Å²) >= 11 is 1.19. The number of carboxylic acid groups (broad SMARTS) is 1. The minimum atomic E-state index is -1.05. The zero-order chi connectivity index (χ0) is 17.1. The van der Waals surface area contributed by atoms with Crippen LogP contribution in [0.1, 0.15) is 22.8 Å². The van der Waals surface area contributed by atoms with Crippen LogP contribution in [-0.2, 0) is 4.79 Å². The number of amides is 1. The second kappa shape index (κ2) is 6.68. The topological polar surface area (TPSA) is 66.4 Å². The SMILES string of the molecule is CC(=Cc1ccc2ccccc2c1)C(=O)Nc1sccc1C(=O)O. The van der Waals surface area contributed by atoms with E-state index in [0.717, 1.165) is 16.3 Å². The van der Waals surface area contributed by atoms with Gasteiger partial charge in [0.1, 0.15) is 5.00 Å². The van der Waals surface area contributed by atoms with Crippen LogP contribution in [0.3, 0.4) is 0 Å². The Morgan fingerprint density at radius 2 is 1.83 bits per heavy atom. The highest BCUT2D eigenvalue weighted by atomic mass is 32.1. The van der Waals surface area contributed by atoms with Gasteiger partial charge in [-0.3, -0.25) is 4.79 Å². The van der Waals surface area contributed by atoms with E-state index < -0.39 is 5.97 Å². The number of fused-ring (bicyclic) bond motifs is 1. The summed E-state index contributed by atoms with van der Waals surface area (Å²) in [7, 11) is 0. The lowest BCUT2D eigenvalue weighted by Gasteiger charge is -2.05. The summed E-state index contributed by atoms with van der Waals surface area (Å²) in [5, 5.41) is 16.0. The third-order valence-electron chi connectivity index (χ3n) is 3.64. The zero-order valence-corrected chi connectivity index (χ0v) is 13.8. The normalized spacial score (nSPS) is 11.5. The number of carbonyl (C=O) groups is 2. The minimum Gasteiger partial charge on any atom is -0.478 e. The van der Waals surface area contributed by atoms with Crippen molar-refractivity contribution in [2.75, 3.05) is 5.32 Å². The van der Waals surface area contributed by atoms with Gasteiger partial charge in [-0.25, -0.2) is 4.79 Å². The molecule has 2 aromatic carbocycles. The van der Waals surface area contributed by atoms with Gasteiger partial charge in [-0.05, 0) is 46.8 Å². The number of carbonyl (C=O) groups excluding carboxylic acids is 1. The van der Waals surface area contributed by atoms with Gasteiger partial charge in [-0.2, -0.15) is 0 Å². The molecule has 0 aliphatic carbocycles. The van der Waals surface area contributed by atoms with Gasteiger partial charge in [0.2, 0.25) is 0 Å². The lowest BCUT2D eigenvalue weighted by molar-refractivity contribution is -0.112. The molecule has 0 spiro atoms. The number of hydrogen-bond donors (Lipinski definition) is 2. The number of thiophene rings is 1. The molecule has 4 nitrogen and oxygen atoms in total. The first-order valence-corrected chi connectivity index (χ1v) is 8.22. The Labute approximate surface area is 143 Å². The fraction of sp³-hybridized carbons (Fsp3) is 0.0526. The van der Waals surface area contributed by atoms with Crippen LogP contribution in [0.25, 0.3) is 16.8 Å². The number of hydrogen-bond acceptors (Lipinski definition) is 3. The summed E-state index contributed by atoms with van der Waals surface area (Å²) in [4.78, 5) is 23.4. The van der Waals surface area contributed by atoms with E-state index in [9.17, 15) is 9.59 Å². The number of rotatable bonds is 4. The smallest absolute Gasteiger partial charge is 0.338 e. The Morgan fingerprint density at radius 3 is 2.58 bits per heavy atom. The Kier molecular flexibility index (Phi) is 4.44. The molecule has 3 aromatic rings. The molecule has 0 saturated carbocycles. The fourth-order valence-electron chi connectivity index (χ4n) is 2.39. The largest absolute Gasteiger partial charge is 0.478 e. The molecule has 24 heavy (non-hydrogen) atoms. The molecular weight excluding hydrogens is 322 g/mol. The molecule has 2 N–H and O–H groups in total. The number of carboxylic acids is 1. The van der Waals surface area contributed by atoms with E-state index >= 15 is 0 Å². The molecule has 0 fully saturated rings. The van der Waals surface area contributed by atoms with Crippen LogP contribution >= 0.6 is 11.3 Å². The molecule has 3 rings (SSSR count). The molecule has 1 amide bonds. The summed E-state index contributed by atoms with van der Waals surface area (Å²) in [6.45, 7) is 1.71. The van der Waals surface area contributed by atoms with Gasteiger partial charge in [0, 0.05) is 5.57 Å². The van der Waals surface area contributed by atoms with Crippen molar-refractivity contribution in [2.45, 2.75) is 6.92 Å². The monoisotopic (exact) mass is 337 g/mol. The fourth-order valence-corrected chi connectivity index (χ4v) is 3.16. The average molecular weight is 337 g/mol. The maximum atomic E-state index is 12.3. The van der Waals surface area contributed by atoms with E-state index in [1.807, 2.05) is 42.5 Å². The first-order valence-electron chi connectivity index (χ1n) is 7.34. The molecule has 5 heteroatoms. The van der Waals surface area contributed by atoms with Crippen molar-refractivity contribution in [1.82, 2.24) is 0 Å². The average Bonchev–Trinajstić information content (AvgIpc) is 3.03. The maximum absolute atomic E-state index is 12.3. The molecule has 120 valence electrons. The predicted molar refractivity (Wildman–Crippen MR) is 97.5 cm³/mol. The molecule has 0 unspecified atom stereocenters. The summed E-state index contributed by atoms with van der Waals surface area (Å²) in [6.07, 6.45) is 1.79. The molecular formula is C19H15NO3S. The van der Waals surface area contributed by atoms with Crippen LogP contribution < -0.4 is 5.32 Å². The van der Waals surface area contributed by atoms with Crippen molar-refractivity contribution in [3.63, 3.8) is 0 Å². The molecule has 0 aliphatic rings. The highest BCUT2D eigenvalue weighted by Gasteiger charge is 2.14. The number of benzene rings is 2. The number of aromatic carboxylic acids is 1. The lowest BCUT2D eigenvalue weighted by atomic mass is 10.1. The van der Waals surface area contributed by atoms with Crippen LogP contribution in [0.4, 0.5) is 5.00 Å². The van der Waals surface area contributed by atoms with E-state index in [0.29, 0.717) is 10.6 Å². The van der Waals surface area contributed by atoms with Gasteiger partial charge >= 0.3 is 5.97 Å². The van der Waals surface area contributed by atoms with Gasteiger partial charge in [0.25, 0.3) is 5.91 Å². The van der Waals surface area contributed by atoms with Gasteiger partial charge in [-0.1, -0.05) is 36.4 Å². The van der Waals surface area contributed by atoms with Crippen LogP contribution in [0.2, 0.25) is 0 Å². The zero-order valence-electron chi connectivity index (χ0n) is 12.9. The third-order valence-corrected chi connectivity index (χ3v) is 4.47. The Balaban J connectivity index is 1.82. The lowest BCUT2D eigenvalue weighted by Crippen LogP contribution is -2.13. The van der Waals surface area contributed by atoms with Crippen LogP contribution in [-0.4, -0.2) is 17.0 Å². The van der Waals surface area contributed by atoms with Crippen molar-refractivity contribution >= 4 is 45.1 Å². The third kappa shape index (κ3) is 3.36. The number of anilines is 1. The van der Waals surface area contributed by atoms with E-state index in [4.69, 9.17) is 5.11 Å². The van der Waals surface area contributed by atoms with E-state index in [2.05, 4.69) is 5.32 Å². The van der Waals surface area contributed by atoms with Crippen molar-refractivity contribution in [1.29, 1.82) is 0 Å². The van der Waals surface area contributed by atoms with Gasteiger partial charge in [0.15, 0.2) is 0 Å². The summed E-state index contributed by atoms with van der Waals surface area (Å²) in [6, 6.07) is 15.5. The van der Waals surface area contributed by atoms with Gasteiger partial charge < -0.3 is 10.4 Å². The standard InChI is InChI=1S/C19H15NO3S/c1-12(17(21)20-18-16(19(22)23)8-9-24-18)10-13-6-7-14-4-2-3-5-15(14)11-13/h2-11H,1H3,(H,20,21)(H,22,23). The van der Waals surface area contributed by atoms with Crippen molar-refractivity contribution < 1.29 is 14.7 Å².